The van der Waals surface area contributed by atoms with Crippen LogP contribution >= 0.6 is 0 Å². The van der Waals surface area contributed by atoms with Crippen molar-refractivity contribution in [3.63, 3.8) is 0 Å². The monoisotopic (exact) mass is 236 g/mol. The smallest absolute Gasteiger partial charge is 0.158 e. The lowest BCUT2D eigenvalue weighted by molar-refractivity contribution is -0.115. The van der Waals surface area contributed by atoms with Crippen LogP contribution in [0.5, 0.6) is 0 Å². The van der Waals surface area contributed by atoms with Gasteiger partial charge in [-0.3, -0.25) is 4.79 Å². The molecule has 0 unspecified atom stereocenters. The zero-order valence-corrected chi connectivity index (χ0v) is 12.2. The van der Waals surface area contributed by atoms with Crippen molar-refractivity contribution in [2.45, 2.75) is 66.7 Å². The number of carbonyl (C=O) groups is 1. The highest BCUT2D eigenvalue weighted by atomic mass is 16.1. The Morgan fingerprint density at radius 3 is 1.94 bits per heavy atom. The molecule has 0 spiro atoms. The molecule has 0 saturated heterocycles. The van der Waals surface area contributed by atoms with Gasteiger partial charge in [-0.2, -0.15) is 0 Å². The molecule has 0 fully saturated rings. The molecule has 0 aliphatic heterocycles. The number of allylic oxidation sites excluding steroid dienone is 3. The summed E-state index contributed by atoms with van der Waals surface area (Å²) in [6.07, 6.45) is 6.79. The van der Waals surface area contributed by atoms with Crippen LogP contribution in [0.1, 0.15) is 66.7 Å². The molecule has 0 atom stereocenters. The van der Waals surface area contributed by atoms with Gasteiger partial charge in [0.2, 0.25) is 0 Å². The van der Waals surface area contributed by atoms with Crippen LogP contribution in [0.3, 0.4) is 0 Å². The topological polar surface area (TPSA) is 17.1 Å². The second-order valence-corrected chi connectivity index (χ2v) is 5.00. The summed E-state index contributed by atoms with van der Waals surface area (Å²) in [7, 11) is 0. The number of carbonyl (C=O) groups excluding carboxylic acids is 1. The highest BCUT2D eigenvalue weighted by Gasteiger charge is 2.25. The molecule has 0 aromatic rings. The van der Waals surface area contributed by atoms with E-state index in [0.29, 0.717) is 12.2 Å². The maximum atomic E-state index is 11.8. The van der Waals surface area contributed by atoms with Crippen molar-refractivity contribution in [2.75, 3.05) is 0 Å². The van der Waals surface area contributed by atoms with Crippen LogP contribution < -0.4 is 0 Å². The van der Waals surface area contributed by atoms with Gasteiger partial charge >= 0.3 is 0 Å². The Balaban J connectivity index is 5.23. The molecule has 0 radical (unpaired) electrons. The van der Waals surface area contributed by atoms with Gasteiger partial charge in [-0.15, -0.1) is 6.58 Å². The Morgan fingerprint density at radius 2 is 1.65 bits per heavy atom. The molecule has 0 aromatic carbocycles. The Morgan fingerprint density at radius 1 is 1.12 bits per heavy atom. The lowest BCUT2D eigenvalue weighted by Gasteiger charge is -2.29. The molecule has 1 heteroatoms. The Bertz CT molecular complexity index is 293. The zero-order valence-electron chi connectivity index (χ0n) is 12.2. The zero-order chi connectivity index (χ0) is 13.5. The molecule has 0 heterocycles. The van der Waals surface area contributed by atoms with E-state index in [2.05, 4.69) is 40.3 Å². The Labute approximate surface area is 107 Å². The van der Waals surface area contributed by atoms with E-state index in [1.165, 1.54) is 5.57 Å². The fourth-order valence-electron chi connectivity index (χ4n) is 2.33. The van der Waals surface area contributed by atoms with Crippen molar-refractivity contribution in [1.29, 1.82) is 0 Å². The fraction of sp³-hybridized carbons (Fsp3) is 0.688. The number of hydrogen-bond acceptors (Lipinski definition) is 1. The number of hydrogen-bond donors (Lipinski definition) is 0. The van der Waals surface area contributed by atoms with E-state index < -0.39 is 0 Å². The van der Waals surface area contributed by atoms with Crippen LogP contribution in [0, 0.1) is 5.41 Å². The minimum absolute atomic E-state index is 0.127. The maximum Gasteiger partial charge on any atom is 0.158 e. The highest BCUT2D eigenvalue weighted by molar-refractivity contribution is 5.95. The van der Waals surface area contributed by atoms with E-state index in [0.717, 1.165) is 31.3 Å². The Hall–Kier alpha value is -0.850. The van der Waals surface area contributed by atoms with Gasteiger partial charge in [0.05, 0.1) is 0 Å². The van der Waals surface area contributed by atoms with Gasteiger partial charge in [-0.05, 0) is 43.6 Å². The van der Waals surface area contributed by atoms with E-state index in [9.17, 15) is 4.79 Å². The molecule has 0 saturated carbocycles. The van der Waals surface area contributed by atoms with Gasteiger partial charge in [-0.25, -0.2) is 0 Å². The molecule has 0 aliphatic carbocycles. The summed E-state index contributed by atoms with van der Waals surface area (Å²) in [6, 6.07) is 0. The number of Topliss-reactive ketones (excluding diaryl/α,β-unsaturated/α-hetero) is 1. The van der Waals surface area contributed by atoms with Crippen molar-refractivity contribution in [2.24, 2.45) is 5.41 Å². The molecular weight excluding hydrogens is 208 g/mol. The lowest BCUT2D eigenvalue weighted by atomic mass is 9.75. The molecule has 0 N–H and O–H groups in total. The SMILES string of the molecule is C=C(C)CC(/C=C(\CC)C(=O)CC)(CC)CC. The van der Waals surface area contributed by atoms with Crippen molar-refractivity contribution in [3.05, 3.63) is 23.8 Å². The second-order valence-electron chi connectivity index (χ2n) is 5.00. The van der Waals surface area contributed by atoms with Crippen LogP contribution in [0.4, 0.5) is 0 Å². The minimum Gasteiger partial charge on any atom is -0.295 e. The molecular formula is C16H28O. The Kier molecular flexibility index (Phi) is 7.10. The van der Waals surface area contributed by atoms with Gasteiger partial charge in [-0.1, -0.05) is 39.3 Å². The van der Waals surface area contributed by atoms with Gasteiger partial charge in [0.15, 0.2) is 5.78 Å². The maximum absolute atomic E-state index is 11.8. The third-order valence-electron chi connectivity index (χ3n) is 3.60. The first-order valence-electron chi connectivity index (χ1n) is 6.83. The molecule has 0 bridgehead atoms. The minimum atomic E-state index is 0.127. The van der Waals surface area contributed by atoms with Crippen LogP contribution in [0.15, 0.2) is 23.8 Å². The summed E-state index contributed by atoms with van der Waals surface area (Å²) in [4.78, 5) is 11.8. The average molecular weight is 236 g/mol. The van der Waals surface area contributed by atoms with E-state index >= 15 is 0 Å². The van der Waals surface area contributed by atoms with Crippen molar-refractivity contribution >= 4 is 5.78 Å². The normalized spacial score (nSPS) is 12.6. The van der Waals surface area contributed by atoms with Gasteiger partial charge in [0, 0.05) is 6.42 Å². The molecule has 17 heavy (non-hydrogen) atoms. The summed E-state index contributed by atoms with van der Waals surface area (Å²) in [5.74, 6) is 0.292. The van der Waals surface area contributed by atoms with E-state index in [4.69, 9.17) is 0 Å². The summed E-state index contributed by atoms with van der Waals surface area (Å²) in [6.45, 7) is 14.5. The number of rotatable bonds is 8. The van der Waals surface area contributed by atoms with E-state index in [1.807, 2.05) is 6.92 Å². The lowest BCUT2D eigenvalue weighted by Crippen LogP contribution is -2.18. The number of ketones is 1. The van der Waals surface area contributed by atoms with Gasteiger partial charge in [0.1, 0.15) is 0 Å². The molecule has 0 aromatic heterocycles. The molecule has 0 rings (SSSR count). The molecule has 0 aliphatic rings. The standard InChI is InChI=1S/C16H28O/c1-7-14(15(17)8-2)12-16(9-3,10-4)11-13(5)6/h12H,5,7-11H2,1-4,6H3/b14-12+. The van der Waals surface area contributed by atoms with E-state index in [1.54, 1.807) is 0 Å². The largest absolute Gasteiger partial charge is 0.295 e. The molecule has 0 amide bonds. The predicted octanol–water partition coefficient (Wildman–Crippen LogP) is 5.07. The third kappa shape index (κ3) is 4.89. The predicted molar refractivity (Wildman–Crippen MR) is 76.1 cm³/mol. The summed E-state index contributed by atoms with van der Waals surface area (Å²) in [5.41, 5.74) is 2.32. The van der Waals surface area contributed by atoms with Crippen LogP contribution in [0.2, 0.25) is 0 Å². The van der Waals surface area contributed by atoms with E-state index in [-0.39, 0.29) is 5.41 Å². The van der Waals surface area contributed by atoms with Crippen LogP contribution in [-0.4, -0.2) is 5.78 Å². The van der Waals surface area contributed by atoms with Gasteiger partial charge < -0.3 is 0 Å². The summed E-state index contributed by atoms with van der Waals surface area (Å²) < 4.78 is 0. The molecule has 98 valence electrons. The molecule has 1 nitrogen and oxygen atoms in total. The second kappa shape index (κ2) is 7.47. The highest BCUT2D eigenvalue weighted by Crippen LogP contribution is 2.36. The third-order valence-corrected chi connectivity index (χ3v) is 3.60. The van der Waals surface area contributed by atoms with Crippen molar-refractivity contribution in [1.82, 2.24) is 0 Å². The first-order chi connectivity index (χ1) is 7.94. The van der Waals surface area contributed by atoms with Crippen molar-refractivity contribution in [3.8, 4) is 0 Å². The first-order valence-corrected chi connectivity index (χ1v) is 6.83. The van der Waals surface area contributed by atoms with Crippen LogP contribution in [0.25, 0.3) is 0 Å². The van der Waals surface area contributed by atoms with Gasteiger partial charge in [0.25, 0.3) is 0 Å². The first kappa shape index (κ1) is 16.1. The summed E-state index contributed by atoms with van der Waals surface area (Å²) >= 11 is 0. The quantitative estimate of drug-likeness (QED) is 0.424. The summed E-state index contributed by atoms with van der Waals surface area (Å²) in [5, 5.41) is 0. The average Bonchev–Trinajstić information content (AvgIpc) is 2.33. The van der Waals surface area contributed by atoms with Crippen molar-refractivity contribution < 1.29 is 4.79 Å². The van der Waals surface area contributed by atoms with Crippen LogP contribution in [-0.2, 0) is 4.79 Å². The fourth-order valence-corrected chi connectivity index (χ4v) is 2.33.